The van der Waals surface area contributed by atoms with Crippen LogP contribution in [0.1, 0.15) is 22.8 Å². The Morgan fingerprint density at radius 2 is 2.29 bits per heavy atom. The number of nitrogens with one attached hydrogen (secondary N) is 1. The van der Waals surface area contributed by atoms with Gasteiger partial charge in [-0.25, -0.2) is 5.84 Å². The van der Waals surface area contributed by atoms with Crippen molar-refractivity contribution in [1.29, 1.82) is 0 Å². The predicted octanol–water partition coefficient (Wildman–Crippen LogP) is 0.104. The summed E-state index contributed by atoms with van der Waals surface area (Å²) in [5, 5.41) is 8.90. The lowest BCUT2D eigenvalue weighted by Gasteiger charge is -2.19. The summed E-state index contributed by atoms with van der Waals surface area (Å²) in [4.78, 5) is 13.5. The van der Waals surface area contributed by atoms with Gasteiger partial charge in [0.1, 0.15) is 0 Å². The Morgan fingerprint density at radius 1 is 1.53 bits per heavy atom. The second-order valence-corrected chi connectivity index (χ2v) is 3.77. The fourth-order valence-corrected chi connectivity index (χ4v) is 1.64. The Bertz CT molecular complexity index is 369. The zero-order valence-electron chi connectivity index (χ0n) is 10.0. The van der Waals surface area contributed by atoms with Gasteiger partial charge in [0.2, 0.25) is 0 Å². The number of aliphatic hydroxyl groups excluding tert-OH is 1. The van der Waals surface area contributed by atoms with Crippen LogP contribution in [0.3, 0.4) is 0 Å². The Hall–Kier alpha value is -1.43. The van der Waals surface area contributed by atoms with Crippen molar-refractivity contribution in [3.05, 3.63) is 35.4 Å². The lowest BCUT2D eigenvalue weighted by Crippen LogP contribution is -2.30. The maximum absolute atomic E-state index is 11.4. The topological polar surface area (TPSA) is 78.6 Å². The molecule has 0 spiro atoms. The molecule has 5 nitrogen and oxygen atoms in total. The first kappa shape index (κ1) is 13.6. The SMILES string of the molecule is CCN(CCO)Cc1cccc(C(=O)NN)c1. The van der Waals surface area contributed by atoms with Crippen molar-refractivity contribution in [3.8, 4) is 0 Å². The first-order valence-corrected chi connectivity index (χ1v) is 5.64. The van der Waals surface area contributed by atoms with Crippen molar-refractivity contribution in [2.75, 3.05) is 19.7 Å². The van der Waals surface area contributed by atoms with Crippen molar-refractivity contribution in [3.63, 3.8) is 0 Å². The second-order valence-electron chi connectivity index (χ2n) is 3.77. The number of hydrogen-bond donors (Lipinski definition) is 3. The molecule has 0 heterocycles. The van der Waals surface area contributed by atoms with Crippen LogP contribution in [0.15, 0.2) is 24.3 Å². The van der Waals surface area contributed by atoms with Crippen LogP contribution in [0.2, 0.25) is 0 Å². The highest BCUT2D eigenvalue weighted by Gasteiger charge is 2.06. The molecule has 1 aromatic rings. The van der Waals surface area contributed by atoms with Gasteiger partial charge in [-0.15, -0.1) is 0 Å². The highest BCUT2D eigenvalue weighted by Crippen LogP contribution is 2.08. The molecule has 0 aromatic heterocycles. The normalized spacial score (nSPS) is 10.6. The highest BCUT2D eigenvalue weighted by atomic mass is 16.3. The molecule has 0 bridgehead atoms. The van der Waals surface area contributed by atoms with E-state index in [9.17, 15) is 4.79 Å². The number of hydrazine groups is 1. The van der Waals surface area contributed by atoms with Gasteiger partial charge in [-0.2, -0.15) is 0 Å². The summed E-state index contributed by atoms with van der Waals surface area (Å²) >= 11 is 0. The van der Waals surface area contributed by atoms with E-state index in [2.05, 4.69) is 10.3 Å². The molecule has 0 aliphatic carbocycles. The summed E-state index contributed by atoms with van der Waals surface area (Å²) < 4.78 is 0. The summed E-state index contributed by atoms with van der Waals surface area (Å²) in [6.45, 7) is 4.36. The zero-order chi connectivity index (χ0) is 12.7. The van der Waals surface area contributed by atoms with Crippen LogP contribution in [0.25, 0.3) is 0 Å². The Morgan fingerprint density at radius 3 is 2.88 bits per heavy atom. The van der Waals surface area contributed by atoms with Gasteiger partial charge in [0.05, 0.1) is 6.61 Å². The summed E-state index contributed by atoms with van der Waals surface area (Å²) in [6.07, 6.45) is 0. The number of nitrogens with two attached hydrogens (primary N) is 1. The van der Waals surface area contributed by atoms with Crippen molar-refractivity contribution >= 4 is 5.91 Å². The third-order valence-electron chi connectivity index (χ3n) is 2.59. The third kappa shape index (κ3) is 4.14. The van der Waals surface area contributed by atoms with Crippen molar-refractivity contribution in [2.45, 2.75) is 13.5 Å². The molecule has 1 rings (SSSR count). The number of likely N-dealkylation sites (N-methyl/N-ethyl adjacent to an activating group) is 1. The molecule has 1 aromatic carbocycles. The number of carbonyl (C=O) groups excluding carboxylic acids is 1. The van der Waals surface area contributed by atoms with Gasteiger partial charge >= 0.3 is 0 Å². The second kappa shape index (κ2) is 7.01. The Labute approximate surface area is 101 Å². The zero-order valence-corrected chi connectivity index (χ0v) is 10.0. The lowest BCUT2D eigenvalue weighted by atomic mass is 10.1. The molecule has 0 radical (unpaired) electrons. The first-order chi connectivity index (χ1) is 8.21. The standard InChI is InChI=1S/C12H19N3O2/c1-2-15(6-7-16)9-10-4-3-5-11(8-10)12(17)14-13/h3-5,8,16H,2,6-7,9,13H2,1H3,(H,14,17). The number of rotatable bonds is 6. The third-order valence-corrected chi connectivity index (χ3v) is 2.59. The summed E-state index contributed by atoms with van der Waals surface area (Å²) in [5.74, 6) is 4.79. The molecule has 0 unspecified atom stereocenters. The van der Waals surface area contributed by atoms with E-state index in [4.69, 9.17) is 10.9 Å². The molecular weight excluding hydrogens is 218 g/mol. The maximum atomic E-state index is 11.4. The summed E-state index contributed by atoms with van der Waals surface area (Å²) in [5.41, 5.74) is 3.68. The number of hydrogen-bond acceptors (Lipinski definition) is 4. The molecule has 0 fully saturated rings. The van der Waals surface area contributed by atoms with Gasteiger partial charge in [-0.05, 0) is 24.2 Å². The quantitative estimate of drug-likeness (QED) is 0.372. The number of benzene rings is 1. The van der Waals surface area contributed by atoms with Gasteiger partial charge in [0, 0.05) is 18.7 Å². The monoisotopic (exact) mass is 237 g/mol. The van der Waals surface area contributed by atoms with Crippen LogP contribution < -0.4 is 11.3 Å². The molecule has 0 saturated heterocycles. The Kier molecular flexibility index (Phi) is 5.62. The number of carbonyl (C=O) groups is 1. The lowest BCUT2D eigenvalue weighted by molar-refractivity contribution is 0.0953. The molecular formula is C12H19N3O2. The fourth-order valence-electron chi connectivity index (χ4n) is 1.64. The van der Waals surface area contributed by atoms with Gasteiger partial charge in [-0.1, -0.05) is 19.1 Å². The molecule has 0 aliphatic heterocycles. The molecule has 5 heteroatoms. The van der Waals surface area contributed by atoms with E-state index in [1.54, 1.807) is 6.07 Å². The van der Waals surface area contributed by atoms with E-state index in [1.807, 2.05) is 25.1 Å². The number of nitrogen functional groups attached to an aromatic ring is 1. The molecule has 17 heavy (non-hydrogen) atoms. The van der Waals surface area contributed by atoms with E-state index in [1.165, 1.54) is 0 Å². The van der Waals surface area contributed by atoms with Crippen LogP contribution in [0.5, 0.6) is 0 Å². The van der Waals surface area contributed by atoms with Gasteiger partial charge in [0.15, 0.2) is 0 Å². The smallest absolute Gasteiger partial charge is 0.265 e. The minimum atomic E-state index is -0.294. The van der Waals surface area contributed by atoms with Crippen molar-refractivity contribution in [2.24, 2.45) is 5.84 Å². The van der Waals surface area contributed by atoms with E-state index in [0.29, 0.717) is 18.7 Å². The largest absolute Gasteiger partial charge is 0.395 e. The van der Waals surface area contributed by atoms with Crippen LogP contribution in [0, 0.1) is 0 Å². The summed E-state index contributed by atoms with van der Waals surface area (Å²) in [7, 11) is 0. The first-order valence-electron chi connectivity index (χ1n) is 5.64. The predicted molar refractivity (Wildman–Crippen MR) is 66.1 cm³/mol. The van der Waals surface area contributed by atoms with E-state index >= 15 is 0 Å². The molecule has 4 N–H and O–H groups in total. The molecule has 94 valence electrons. The summed E-state index contributed by atoms with van der Waals surface area (Å²) in [6, 6.07) is 7.30. The fraction of sp³-hybridized carbons (Fsp3) is 0.417. The van der Waals surface area contributed by atoms with E-state index in [-0.39, 0.29) is 12.5 Å². The van der Waals surface area contributed by atoms with Gasteiger partial charge < -0.3 is 5.11 Å². The number of aliphatic hydroxyl groups is 1. The minimum Gasteiger partial charge on any atom is -0.395 e. The number of amides is 1. The molecule has 0 atom stereocenters. The van der Waals surface area contributed by atoms with Gasteiger partial charge in [-0.3, -0.25) is 15.1 Å². The molecule has 0 aliphatic rings. The average molecular weight is 237 g/mol. The Balaban J connectivity index is 2.74. The van der Waals surface area contributed by atoms with Gasteiger partial charge in [0.25, 0.3) is 5.91 Å². The van der Waals surface area contributed by atoms with Crippen molar-refractivity contribution < 1.29 is 9.90 Å². The maximum Gasteiger partial charge on any atom is 0.265 e. The highest BCUT2D eigenvalue weighted by molar-refractivity contribution is 5.93. The van der Waals surface area contributed by atoms with Crippen LogP contribution in [0.4, 0.5) is 0 Å². The van der Waals surface area contributed by atoms with Crippen LogP contribution in [-0.2, 0) is 6.54 Å². The van der Waals surface area contributed by atoms with Crippen LogP contribution in [-0.4, -0.2) is 35.6 Å². The van der Waals surface area contributed by atoms with E-state index < -0.39 is 0 Å². The minimum absolute atomic E-state index is 0.136. The number of nitrogens with zero attached hydrogens (tertiary/aromatic N) is 1. The average Bonchev–Trinajstić information content (AvgIpc) is 2.37. The molecule has 0 saturated carbocycles. The van der Waals surface area contributed by atoms with E-state index in [0.717, 1.165) is 12.1 Å². The molecule has 1 amide bonds. The van der Waals surface area contributed by atoms with Crippen LogP contribution >= 0.6 is 0 Å². The van der Waals surface area contributed by atoms with Crippen molar-refractivity contribution in [1.82, 2.24) is 10.3 Å².